The summed E-state index contributed by atoms with van der Waals surface area (Å²) in [5, 5.41) is 0. The molecular formula is C10H12BrF2NO. The molecule has 0 aromatic heterocycles. The van der Waals surface area contributed by atoms with Gasteiger partial charge in [0.2, 0.25) is 0 Å². The Morgan fingerprint density at radius 3 is 2.60 bits per heavy atom. The van der Waals surface area contributed by atoms with E-state index >= 15 is 0 Å². The van der Waals surface area contributed by atoms with Crippen LogP contribution >= 0.6 is 15.9 Å². The van der Waals surface area contributed by atoms with Gasteiger partial charge in [0.15, 0.2) is 11.6 Å². The van der Waals surface area contributed by atoms with Gasteiger partial charge in [0.25, 0.3) is 0 Å². The van der Waals surface area contributed by atoms with Crippen molar-refractivity contribution >= 4 is 15.9 Å². The molecule has 15 heavy (non-hydrogen) atoms. The zero-order chi connectivity index (χ0) is 11.6. The first-order valence-corrected chi connectivity index (χ1v) is 5.22. The van der Waals surface area contributed by atoms with Crippen molar-refractivity contribution < 1.29 is 13.5 Å². The Kier molecular flexibility index (Phi) is 4.04. The van der Waals surface area contributed by atoms with Gasteiger partial charge >= 0.3 is 0 Å². The van der Waals surface area contributed by atoms with Gasteiger partial charge < -0.3 is 10.5 Å². The van der Waals surface area contributed by atoms with Crippen LogP contribution < -0.4 is 10.5 Å². The molecule has 0 saturated carbocycles. The predicted molar refractivity (Wildman–Crippen MR) is 58.0 cm³/mol. The second-order valence-electron chi connectivity index (χ2n) is 3.35. The smallest absolute Gasteiger partial charge is 0.166 e. The summed E-state index contributed by atoms with van der Waals surface area (Å²) in [7, 11) is 1.30. The van der Waals surface area contributed by atoms with Crippen LogP contribution in [0.2, 0.25) is 0 Å². The molecule has 0 radical (unpaired) electrons. The number of hydrogen-bond acceptors (Lipinski definition) is 2. The molecule has 2 N–H and O–H groups in total. The molecule has 0 aliphatic carbocycles. The number of hydrogen-bond donors (Lipinski definition) is 1. The number of benzene rings is 1. The molecule has 0 bridgehead atoms. The van der Waals surface area contributed by atoms with E-state index in [0.29, 0.717) is 0 Å². The molecular weight excluding hydrogens is 268 g/mol. The monoisotopic (exact) mass is 279 g/mol. The van der Waals surface area contributed by atoms with Crippen LogP contribution in [0.4, 0.5) is 8.78 Å². The van der Waals surface area contributed by atoms with Crippen molar-refractivity contribution in [3.05, 3.63) is 27.7 Å². The molecule has 0 heterocycles. The van der Waals surface area contributed by atoms with Gasteiger partial charge in [-0.2, -0.15) is 0 Å². The fraction of sp³-hybridized carbons (Fsp3) is 0.400. The third kappa shape index (κ3) is 2.66. The van der Waals surface area contributed by atoms with E-state index in [2.05, 4.69) is 15.9 Å². The maximum atomic E-state index is 13.6. The molecule has 0 aliphatic heterocycles. The number of methoxy groups -OCH3 is 1. The van der Waals surface area contributed by atoms with Crippen molar-refractivity contribution in [2.75, 3.05) is 7.11 Å². The summed E-state index contributed by atoms with van der Waals surface area (Å²) in [6, 6.07) is 0.779. The molecule has 84 valence electrons. The minimum atomic E-state index is -0.596. The SMILES string of the molecule is COc1c(F)cc(Br)c(F)c1CC(C)N. The van der Waals surface area contributed by atoms with Crippen LogP contribution in [0.5, 0.6) is 5.75 Å². The first-order chi connectivity index (χ1) is 6.97. The topological polar surface area (TPSA) is 35.2 Å². The van der Waals surface area contributed by atoms with E-state index in [-0.39, 0.29) is 28.2 Å². The second kappa shape index (κ2) is 4.90. The molecule has 0 aliphatic rings. The summed E-state index contributed by atoms with van der Waals surface area (Å²) < 4.78 is 31.9. The van der Waals surface area contributed by atoms with Crippen molar-refractivity contribution in [1.29, 1.82) is 0 Å². The third-order valence-corrected chi connectivity index (χ3v) is 2.53. The normalized spacial score (nSPS) is 12.7. The lowest BCUT2D eigenvalue weighted by atomic mass is 10.1. The molecule has 0 spiro atoms. The highest BCUT2D eigenvalue weighted by molar-refractivity contribution is 9.10. The molecule has 1 rings (SSSR count). The zero-order valence-corrected chi connectivity index (χ0v) is 10.1. The van der Waals surface area contributed by atoms with E-state index in [4.69, 9.17) is 10.5 Å². The fourth-order valence-corrected chi connectivity index (χ4v) is 1.79. The molecule has 5 heteroatoms. The van der Waals surface area contributed by atoms with Crippen molar-refractivity contribution in [1.82, 2.24) is 0 Å². The minimum Gasteiger partial charge on any atom is -0.493 e. The molecule has 0 fully saturated rings. The Morgan fingerprint density at radius 2 is 2.13 bits per heavy atom. The number of ether oxygens (including phenoxy) is 1. The van der Waals surface area contributed by atoms with Gasteiger partial charge in [-0.3, -0.25) is 0 Å². The van der Waals surface area contributed by atoms with Crippen LogP contribution in [0, 0.1) is 11.6 Å². The van der Waals surface area contributed by atoms with E-state index in [1.165, 1.54) is 7.11 Å². The van der Waals surface area contributed by atoms with Gasteiger partial charge in [-0.25, -0.2) is 8.78 Å². The largest absolute Gasteiger partial charge is 0.493 e. The Labute approximate surface area is 95.5 Å². The van der Waals surface area contributed by atoms with Crippen LogP contribution in [-0.2, 0) is 6.42 Å². The highest BCUT2D eigenvalue weighted by Gasteiger charge is 2.18. The summed E-state index contributed by atoms with van der Waals surface area (Å²) in [5.41, 5.74) is 5.72. The zero-order valence-electron chi connectivity index (χ0n) is 8.48. The van der Waals surface area contributed by atoms with E-state index < -0.39 is 11.6 Å². The average molecular weight is 280 g/mol. The molecule has 2 nitrogen and oxygen atoms in total. The fourth-order valence-electron chi connectivity index (χ4n) is 1.35. The maximum Gasteiger partial charge on any atom is 0.166 e. The van der Waals surface area contributed by atoms with Gasteiger partial charge in [0.1, 0.15) is 5.82 Å². The standard InChI is InChI=1S/C10H12BrF2NO/c1-5(14)3-6-9(13)7(11)4-8(12)10(6)15-2/h4-5H,3,14H2,1-2H3. The van der Waals surface area contributed by atoms with E-state index in [1.807, 2.05) is 0 Å². The molecule has 0 amide bonds. The number of nitrogens with two attached hydrogens (primary N) is 1. The first kappa shape index (κ1) is 12.4. The Hall–Kier alpha value is -0.680. The highest BCUT2D eigenvalue weighted by Crippen LogP contribution is 2.31. The molecule has 1 atom stereocenters. The quantitative estimate of drug-likeness (QED) is 0.864. The van der Waals surface area contributed by atoms with Crippen molar-refractivity contribution in [3.63, 3.8) is 0 Å². The number of rotatable bonds is 3. The van der Waals surface area contributed by atoms with Crippen molar-refractivity contribution in [3.8, 4) is 5.75 Å². The van der Waals surface area contributed by atoms with Crippen LogP contribution in [0.3, 0.4) is 0 Å². The Bertz CT molecular complexity index is 369. The average Bonchev–Trinajstić information content (AvgIpc) is 2.13. The molecule has 1 aromatic rings. The second-order valence-corrected chi connectivity index (χ2v) is 4.20. The highest BCUT2D eigenvalue weighted by atomic mass is 79.9. The lowest BCUT2D eigenvalue weighted by molar-refractivity contribution is 0.374. The third-order valence-electron chi connectivity index (χ3n) is 1.95. The lowest BCUT2D eigenvalue weighted by Gasteiger charge is -2.13. The van der Waals surface area contributed by atoms with Gasteiger partial charge in [0.05, 0.1) is 11.6 Å². The Morgan fingerprint density at radius 1 is 1.53 bits per heavy atom. The number of halogens is 3. The summed E-state index contributed by atoms with van der Waals surface area (Å²) in [6.45, 7) is 1.72. The van der Waals surface area contributed by atoms with Gasteiger partial charge in [-0.05, 0) is 35.3 Å². The van der Waals surface area contributed by atoms with E-state index in [0.717, 1.165) is 6.07 Å². The van der Waals surface area contributed by atoms with Gasteiger partial charge in [-0.15, -0.1) is 0 Å². The van der Waals surface area contributed by atoms with E-state index in [1.54, 1.807) is 6.92 Å². The molecule has 1 unspecified atom stereocenters. The van der Waals surface area contributed by atoms with E-state index in [9.17, 15) is 8.78 Å². The van der Waals surface area contributed by atoms with Crippen LogP contribution in [-0.4, -0.2) is 13.2 Å². The minimum absolute atomic E-state index is 0.0759. The maximum absolute atomic E-state index is 13.6. The van der Waals surface area contributed by atoms with Crippen LogP contribution in [0.1, 0.15) is 12.5 Å². The summed E-state index contributed by atoms with van der Waals surface area (Å²) in [6.07, 6.45) is 0.228. The van der Waals surface area contributed by atoms with Gasteiger partial charge in [0, 0.05) is 11.6 Å². The summed E-state index contributed by atoms with van der Waals surface area (Å²) >= 11 is 2.94. The van der Waals surface area contributed by atoms with Crippen LogP contribution in [0.25, 0.3) is 0 Å². The van der Waals surface area contributed by atoms with Crippen molar-refractivity contribution in [2.45, 2.75) is 19.4 Å². The predicted octanol–water partition coefficient (Wildman–Crippen LogP) is 2.63. The Balaban J connectivity index is 3.30. The summed E-state index contributed by atoms with van der Waals surface area (Å²) in [5.74, 6) is -1.19. The van der Waals surface area contributed by atoms with Crippen molar-refractivity contribution in [2.24, 2.45) is 5.73 Å². The lowest BCUT2D eigenvalue weighted by Crippen LogP contribution is -2.19. The van der Waals surface area contributed by atoms with Gasteiger partial charge in [-0.1, -0.05) is 0 Å². The first-order valence-electron chi connectivity index (χ1n) is 4.43. The molecule has 1 aromatic carbocycles. The van der Waals surface area contributed by atoms with Crippen LogP contribution in [0.15, 0.2) is 10.5 Å². The summed E-state index contributed by atoms with van der Waals surface area (Å²) in [4.78, 5) is 0. The molecule has 0 saturated heterocycles.